The van der Waals surface area contributed by atoms with Gasteiger partial charge >= 0.3 is 6.01 Å². The number of aromatic nitrogens is 3. The summed E-state index contributed by atoms with van der Waals surface area (Å²) in [4.78, 5) is 8.42. The SMILES string of the molecule is CCCc1ncc2cc(Cl)nc(OC)n12. The summed E-state index contributed by atoms with van der Waals surface area (Å²) in [5.74, 6) is 0.952. The third-order valence-electron chi connectivity index (χ3n) is 2.18. The molecule has 0 atom stereocenters. The Bertz CT molecular complexity index is 481. The van der Waals surface area contributed by atoms with Crippen LogP contribution in [0, 0.1) is 0 Å². The maximum atomic E-state index is 5.86. The monoisotopic (exact) mass is 225 g/mol. The number of nitrogens with zero attached hydrogens (tertiary/aromatic N) is 3. The molecule has 0 aliphatic rings. The van der Waals surface area contributed by atoms with Gasteiger partial charge in [0.1, 0.15) is 11.0 Å². The predicted molar refractivity (Wildman–Crippen MR) is 58.5 cm³/mol. The zero-order valence-corrected chi connectivity index (χ0v) is 9.45. The highest BCUT2D eigenvalue weighted by Crippen LogP contribution is 2.19. The van der Waals surface area contributed by atoms with E-state index in [9.17, 15) is 0 Å². The highest BCUT2D eigenvalue weighted by Gasteiger charge is 2.10. The summed E-state index contributed by atoms with van der Waals surface area (Å²) >= 11 is 5.86. The topological polar surface area (TPSA) is 39.4 Å². The molecule has 0 bridgehead atoms. The van der Waals surface area contributed by atoms with Crippen molar-refractivity contribution in [1.29, 1.82) is 0 Å². The first kappa shape index (κ1) is 10.2. The Labute approximate surface area is 92.9 Å². The van der Waals surface area contributed by atoms with Crippen LogP contribution in [0.1, 0.15) is 19.2 Å². The maximum absolute atomic E-state index is 5.86. The third kappa shape index (κ3) is 1.77. The average molecular weight is 226 g/mol. The molecule has 2 aromatic heterocycles. The summed E-state index contributed by atoms with van der Waals surface area (Å²) in [5.41, 5.74) is 0.912. The van der Waals surface area contributed by atoms with Gasteiger partial charge in [0.2, 0.25) is 0 Å². The summed E-state index contributed by atoms with van der Waals surface area (Å²) < 4.78 is 7.07. The Balaban J connectivity index is 2.66. The van der Waals surface area contributed by atoms with E-state index in [1.165, 1.54) is 0 Å². The Kier molecular flexibility index (Phi) is 2.77. The summed E-state index contributed by atoms with van der Waals surface area (Å²) in [5, 5.41) is 0.419. The first-order valence-corrected chi connectivity index (χ1v) is 5.21. The van der Waals surface area contributed by atoms with Gasteiger partial charge in [-0.15, -0.1) is 0 Å². The fourth-order valence-corrected chi connectivity index (χ4v) is 1.74. The smallest absolute Gasteiger partial charge is 0.303 e. The minimum atomic E-state index is 0.419. The molecular formula is C10H12ClN3O. The van der Waals surface area contributed by atoms with E-state index in [0.717, 1.165) is 24.2 Å². The number of methoxy groups -OCH3 is 1. The zero-order chi connectivity index (χ0) is 10.8. The molecule has 0 unspecified atom stereocenters. The van der Waals surface area contributed by atoms with E-state index in [1.54, 1.807) is 19.4 Å². The lowest BCUT2D eigenvalue weighted by molar-refractivity contribution is 0.371. The minimum Gasteiger partial charge on any atom is -0.468 e. The van der Waals surface area contributed by atoms with Crippen molar-refractivity contribution in [2.45, 2.75) is 19.8 Å². The van der Waals surface area contributed by atoms with Crippen LogP contribution in [-0.4, -0.2) is 21.5 Å². The first-order valence-electron chi connectivity index (χ1n) is 4.83. The van der Waals surface area contributed by atoms with Crippen LogP contribution in [0.2, 0.25) is 5.15 Å². The van der Waals surface area contributed by atoms with Crippen LogP contribution >= 0.6 is 11.6 Å². The molecule has 0 amide bonds. The Morgan fingerprint density at radius 1 is 1.53 bits per heavy atom. The molecule has 0 spiro atoms. The second-order valence-electron chi connectivity index (χ2n) is 3.25. The fourth-order valence-electron chi connectivity index (χ4n) is 1.56. The van der Waals surface area contributed by atoms with Crippen molar-refractivity contribution in [2.24, 2.45) is 0 Å². The average Bonchev–Trinajstić information content (AvgIpc) is 2.61. The van der Waals surface area contributed by atoms with E-state index in [-0.39, 0.29) is 0 Å². The number of fused-ring (bicyclic) bond motifs is 1. The molecule has 0 fully saturated rings. The molecular weight excluding hydrogens is 214 g/mol. The van der Waals surface area contributed by atoms with Crippen molar-refractivity contribution in [2.75, 3.05) is 7.11 Å². The van der Waals surface area contributed by atoms with Gasteiger partial charge < -0.3 is 4.74 Å². The van der Waals surface area contributed by atoms with Gasteiger partial charge in [0.25, 0.3) is 0 Å². The number of halogens is 1. The number of hydrogen-bond acceptors (Lipinski definition) is 3. The summed E-state index contributed by atoms with van der Waals surface area (Å²) in [6, 6.07) is 2.26. The highest BCUT2D eigenvalue weighted by atomic mass is 35.5. The van der Waals surface area contributed by atoms with Gasteiger partial charge in [-0.05, 0) is 6.42 Å². The summed E-state index contributed by atoms with van der Waals surface area (Å²) in [7, 11) is 1.58. The van der Waals surface area contributed by atoms with Crippen molar-refractivity contribution in [1.82, 2.24) is 14.4 Å². The van der Waals surface area contributed by atoms with Gasteiger partial charge in [-0.1, -0.05) is 18.5 Å². The van der Waals surface area contributed by atoms with Gasteiger partial charge in [0, 0.05) is 12.5 Å². The molecule has 15 heavy (non-hydrogen) atoms. The number of imidazole rings is 1. The molecule has 0 aliphatic carbocycles. The number of ether oxygens (including phenoxy) is 1. The van der Waals surface area contributed by atoms with Crippen LogP contribution in [0.3, 0.4) is 0 Å². The van der Waals surface area contributed by atoms with Gasteiger partial charge in [-0.3, -0.25) is 4.40 Å². The van der Waals surface area contributed by atoms with Crippen molar-refractivity contribution >= 4 is 17.1 Å². The first-order chi connectivity index (χ1) is 7.26. The van der Waals surface area contributed by atoms with E-state index in [2.05, 4.69) is 16.9 Å². The van der Waals surface area contributed by atoms with Crippen molar-refractivity contribution in [3.63, 3.8) is 0 Å². The fraction of sp³-hybridized carbons (Fsp3) is 0.400. The lowest BCUT2D eigenvalue weighted by Crippen LogP contribution is -2.01. The van der Waals surface area contributed by atoms with Crippen LogP contribution in [0.5, 0.6) is 6.01 Å². The Morgan fingerprint density at radius 3 is 3.00 bits per heavy atom. The zero-order valence-electron chi connectivity index (χ0n) is 8.70. The van der Waals surface area contributed by atoms with Crippen molar-refractivity contribution in [3.05, 3.63) is 23.2 Å². The van der Waals surface area contributed by atoms with Crippen LogP contribution in [0.15, 0.2) is 12.3 Å². The predicted octanol–water partition coefficient (Wildman–Crippen LogP) is 2.34. The van der Waals surface area contributed by atoms with E-state index >= 15 is 0 Å². The highest BCUT2D eigenvalue weighted by molar-refractivity contribution is 6.29. The van der Waals surface area contributed by atoms with Gasteiger partial charge in [0.15, 0.2) is 0 Å². The second kappa shape index (κ2) is 4.06. The molecule has 0 saturated carbocycles. The van der Waals surface area contributed by atoms with E-state index in [0.29, 0.717) is 11.2 Å². The Hall–Kier alpha value is -1.29. The minimum absolute atomic E-state index is 0.419. The molecule has 0 aromatic carbocycles. The largest absolute Gasteiger partial charge is 0.468 e. The van der Waals surface area contributed by atoms with Crippen LogP contribution < -0.4 is 4.74 Å². The van der Waals surface area contributed by atoms with Crippen molar-refractivity contribution < 1.29 is 4.74 Å². The summed E-state index contributed by atoms with van der Waals surface area (Å²) in [6.07, 6.45) is 3.71. The summed E-state index contributed by atoms with van der Waals surface area (Å²) in [6.45, 7) is 2.11. The lowest BCUT2D eigenvalue weighted by Gasteiger charge is -2.05. The molecule has 4 nitrogen and oxygen atoms in total. The lowest BCUT2D eigenvalue weighted by atomic mass is 10.3. The second-order valence-corrected chi connectivity index (χ2v) is 3.64. The molecule has 2 rings (SSSR count). The quantitative estimate of drug-likeness (QED) is 0.753. The third-order valence-corrected chi connectivity index (χ3v) is 2.37. The molecule has 0 aliphatic heterocycles. The molecule has 0 saturated heterocycles. The van der Waals surface area contributed by atoms with Crippen LogP contribution in [0.4, 0.5) is 0 Å². The number of aryl methyl sites for hydroxylation is 1. The number of hydrogen-bond donors (Lipinski definition) is 0. The molecule has 0 radical (unpaired) electrons. The van der Waals surface area contributed by atoms with E-state index < -0.39 is 0 Å². The van der Waals surface area contributed by atoms with Gasteiger partial charge in [0.05, 0.1) is 18.8 Å². The molecule has 5 heteroatoms. The molecule has 0 N–H and O–H groups in total. The standard InChI is InChI=1S/C10H12ClN3O/c1-3-4-9-12-6-7-5-8(11)13-10(15-2)14(7)9/h5-6H,3-4H2,1-2H3. The molecule has 2 aromatic rings. The van der Waals surface area contributed by atoms with Gasteiger partial charge in [-0.25, -0.2) is 4.98 Å². The number of rotatable bonds is 3. The van der Waals surface area contributed by atoms with E-state index in [4.69, 9.17) is 16.3 Å². The van der Waals surface area contributed by atoms with Crippen LogP contribution in [0.25, 0.3) is 5.52 Å². The van der Waals surface area contributed by atoms with Crippen molar-refractivity contribution in [3.8, 4) is 6.01 Å². The molecule has 2 heterocycles. The molecule has 80 valence electrons. The normalized spacial score (nSPS) is 10.9. The maximum Gasteiger partial charge on any atom is 0.303 e. The van der Waals surface area contributed by atoms with E-state index in [1.807, 2.05) is 4.40 Å². The Morgan fingerprint density at radius 2 is 2.33 bits per heavy atom. The van der Waals surface area contributed by atoms with Crippen LogP contribution in [-0.2, 0) is 6.42 Å². The van der Waals surface area contributed by atoms with Gasteiger partial charge in [-0.2, -0.15) is 4.98 Å².